The second-order valence-electron chi connectivity index (χ2n) is 6.91. The van der Waals surface area contributed by atoms with Crippen LogP contribution in [0.3, 0.4) is 0 Å². The number of nitrogens with zero attached hydrogens (tertiary/aromatic N) is 1. The summed E-state index contributed by atoms with van der Waals surface area (Å²) >= 11 is 0. The first-order chi connectivity index (χ1) is 12.4. The first kappa shape index (κ1) is 17.2. The topological polar surface area (TPSA) is 51.1 Å². The third kappa shape index (κ3) is 3.15. The van der Waals surface area contributed by atoms with E-state index in [-0.39, 0.29) is 5.82 Å². The summed E-state index contributed by atoms with van der Waals surface area (Å²) in [6.45, 7) is 1.96. The Morgan fingerprint density at radius 3 is 2.42 bits per heavy atom. The van der Waals surface area contributed by atoms with Crippen LogP contribution in [0.2, 0.25) is 0 Å². The zero-order valence-corrected chi connectivity index (χ0v) is 15.4. The van der Waals surface area contributed by atoms with Crippen LogP contribution in [-0.4, -0.2) is 32.3 Å². The maximum atomic E-state index is 13.3. The molecule has 0 aliphatic carbocycles. The molecule has 26 heavy (non-hydrogen) atoms. The fraction of sp³-hybridized carbons (Fsp3) is 0.300. The van der Waals surface area contributed by atoms with Crippen molar-refractivity contribution in [3.05, 3.63) is 60.0 Å². The van der Waals surface area contributed by atoms with Crippen molar-refractivity contribution in [2.24, 2.45) is 0 Å². The molecule has 4 rings (SSSR count). The van der Waals surface area contributed by atoms with Gasteiger partial charge in [-0.25, -0.2) is 12.8 Å². The molecule has 1 saturated heterocycles. The molecule has 6 heteroatoms. The fourth-order valence-corrected chi connectivity index (χ4v) is 4.38. The summed E-state index contributed by atoms with van der Waals surface area (Å²) in [7, 11) is -3.30. The zero-order chi connectivity index (χ0) is 18.3. The van der Waals surface area contributed by atoms with Gasteiger partial charge in [-0.2, -0.15) is 0 Å². The summed E-state index contributed by atoms with van der Waals surface area (Å²) in [5.41, 5.74) is 2.89. The Kier molecular flexibility index (Phi) is 4.32. The van der Waals surface area contributed by atoms with E-state index in [1.54, 1.807) is 24.3 Å². The van der Waals surface area contributed by atoms with Gasteiger partial charge in [0.25, 0.3) is 0 Å². The lowest BCUT2D eigenvalue weighted by atomic mass is 9.90. The molecule has 2 heterocycles. The molecule has 0 spiro atoms. The minimum Gasteiger partial charge on any atom is -0.317 e. The second kappa shape index (κ2) is 6.52. The zero-order valence-electron chi connectivity index (χ0n) is 14.6. The van der Waals surface area contributed by atoms with Crippen LogP contribution in [0.5, 0.6) is 0 Å². The number of rotatable bonds is 3. The van der Waals surface area contributed by atoms with Crippen molar-refractivity contribution < 1.29 is 12.8 Å². The average Bonchev–Trinajstić information content (AvgIpc) is 3.01. The number of aromatic nitrogens is 1. The Morgan fingerprint density at radius 2 is 1.77 bits per heavy atom. The van der Waals surface area contributed by atoms with Crippen LogP contribution < -0.4 is 5.32 Å². The van der Waals surface area contributed by atoms with Crippen LogP contribution in [0.4, 0.5) is 4.39 Å². The molecule has 2 aromatic carbocycles. The van der Waals surface area contributed by atoms with E-state index in [1.165, 1.54) is 24.0 Å². The standard InChI is InChI=1S/C20H21FN2O2S/c1-26(24,25)17-6-7-18-19(14-8-10-22-11-9-14)13-23(20(18)12-17)16-4-2-15(21)3-5-16/h2-7,12-14,22H,8-11H2,1H3. The van der Waals surface area contributed by atoms with Crippen LogP contribution in [0.15, 0.2) is 53.6 Å². The van der Waals surface area contributed by atoms with Gasteiger partial charge in [0.15, 0.2) is 9.84 Å². The Balaban J connectivity index is 1.94. The van der Waals surface area contributed by atoms with E-state index < -0.39 is 9.84 Å². The molecule has 136 valence electrons. The number of hydrogen-bond donors (Lipinski definition) is 1. The van der Waals surface area contributed by atoms with Gasteiger partial charge in [0.1, 0.15) is 5.82 Å². The lowest BCUT2D eigenvalue weighted by molar-refractivity contribution is 0.462. The maximum absolute atomic E-state index is 13.3. The molecule has 0 amide bonds. The molecular formula is C20H21FN2O2S. The van der Waals surface area contributed by atoms with Gasteiger partial charge in [0.2, 0.25) is 0 Å². The molecule has 4 nitrogen and oxygen atoms in total. The molecule has 1 aliphatic rings. The van der Waals surface area contributed by atoms with Crippen molar-refractivity contribution >= 4 is 20.7 Å². The number of sulfone groups is 1. The third-order valence-electron chi connectivity index (χ3n) is 5.12. The molecule has 1 aromatic heterocycles. The quantitative estimate of drug-likeness (QED) is 0.764. The third-order valence-corrected chi connectivity index (χ3v) is 6.23. The highest BCUT2D eigenvalue weighted by molar-refractivity contribution is 7.90. The van der Waals surface area contributed by atoms with Gasteiger partial charge in [-0.05, 0) is 73.8 Å². The summed E-state index contributed by atoms with van der Waals surface area (Å²) in [6.07, 6.45) is 5.40. The molecule has 0 unspecified atom stereocenters. The van der Waals surface area contributed by atoms with Crippen LogP contribution in [0, 0.1) is 5.82 Å². The van der Waals surface area contributed by atoms with Gasteiger partial charge in [-0.15, -0.1) is 0 Å². The Hall–Kier alpha value is -2.18. The molecule has 3 aromatic rings. The van der Waals surface area contributed by atoms with Crippen molar-refractivity contribution in [2.75, 3.05) is 19.3 Å². The number of fused-ring (bicyclic) bond motifs is 1. The van der Waals surface area contributed by atoms with Gasteiger partial charge in [-0.3, -0.25) is 0 Å². The SMILES string of the molecule is CS(=O)(=O)c1ccc2c(C3CCNCC3)cn(-c3ccc(F)cc3)c2c1. The molecule has 0 bridgehead atoms. The Morgan fingerprint density at radius 1 is 1.08 bits per heavy atom. The van der Waals surface area contributed by atoms with Gasteiger partial charge in [-0.1, -0.05) is 6.07 Å². The lowest BCUT2D eigenvalue weighted by Gasteiger charge is -2.22. The predicted octanol–water partition coefficient (Wildman–Crippen LogP) is 3.64. The van der Waals surface area contributed by atoms with E-state index in [2.05, 4.69) is 11.5 Å². The van der Waals surface area contributed by atoms with Gasteiger partial charge < -0.3 is 9.88 Å². The highest BCUT2D eigenvalue weighted by Crippen LogP contribution is 2.35. The molecule has 1 N–H and O–H groups in total. The summed E-state index contributed by atoms with van der Waals surface area (Å²) in [5, 5.41) is 4.44. The minimum atomic E-state index is -3.30. The summed E-state index contributed by atoms with van der Waals surface area (Å²) in [5.74, 6) is 0.144. The van der Waals surface area contributed by atoms with Gasteiger partial charge in [0, 0.05) is 23.5 Å². The van der Waals surface area contributed by atoms with Crippen LogP contribution in [-0.2, 0) is 9.84 Å². The van der Waals surface area contributed by atoms with Gasteiger partial charge in [0.05, 0.1) is 10.4 Å². The molecule has 1 fully saturated rings. The number of piperidine rings is 1. The monoisotopic (exact) mass is 372 g/mol. The fourth-order valence-electron chi connectivity index (χ4n) is 3.74. The van der Waals surface area contributed by atoms with E-state index in [0.29, 0.717) is 10.8 Å². The number of hydrogen-bond acceptors (Lipinski definition) is 3. The Labute approximate surface area is 152 Å². The van der Waals surface area contributed by atoms with Crippen LogP contribution >= 0.6 is 0 Å². The van der Waals surface area contributed by atoms with E-state index in [0.717, 1.165) is 42.5 Å². The molecule has 0 atom stereocenters. The number of benzene rings is 2. The molecule has 0 saturated carbocycles. The summed E-state index contributed by atoms with van der Waals surface area (Å²) in [6, 6.07) is 11.6. The molecular weight excluding hydrogens is 351 g/mol. The van der Waals surface area contributed by atoms with Crippen molar-refractivity contribution in [1.29, 1.82) is 0 Å². The second-order valence-corrected chi connectivity index (χ2v) is 8.92. The van der Waals surface area contributed by atoms with E-state index in [1.807, 2.05) is 10.6 Å². The van der Waals surface area contributed by atoms with E-state index in [4.69, 9.17) is 0 Å². The van der Waals surface area contributed by atoms with Crippen molar-refractivity contribution in [3.8, 4) is 5.69 Å². The Bertz CT molecular complexity index is 1050. The predicted molar refractivity (Wildman–Crippen MR) is 101 cm³/mol. The van der Waals surface area contributed by atoms with Crippen LogP contribution in [0.1, 0.15) is 24.3 Å². The van der Waals surface area contributed by atoms with Gasteiger partial charge >= 0.3 is 0 Å². The average molecular weight is 372 g/mol. The minimum absolute atomic E-state index is 0.291. The van der Waals surface area contributed by atoms with E-state index >= 15 is 0 Å². The van der Waals surface area contributed by atoms with Crippen molar-refractivity contribution in [2.45, 2.75) is 23.7 Å². The normalized spacial score (nSPS) is 16.2. The van der Waals surface area contributed by atoms with Crippen molar-refractivity contribution in [3.63, 3.8) is 0 Å². The van der Waals surface area contributed by atoms with Crippen molar-refractivity contribution in [1.82, 2.24) is 9.88 Å². The van der Waals surface area contributed by atoms with E-state index in [9.17, 15) is 12.8 Å². The summed E-state index contributed by atoms with van der Waals surface area (Å²) in [4.78, 5) is 0.295. The molecule has 1 aliphatic heterocycles. The number of nitrogens with one attached hydrogen (secondary N) is 1. The number of halogens is 1. The smallest absolute Gasteiger partial charge is 0.175 e. The maximum Gasteiger partial charge on any atom is 0.175 e. The van der Waals surface area contributed by atoms with Crippen LogP contribution in [0.25, 0.3) is 16.6 Å². The molecule has 0 radical (unpaired) electrons. The highest BCUT2D eigenvalue weighted by atomic mass is 32.2. The summed E-state index contributed by atoms with van der Waals surface area (Å²) < 4.78 is 39.3. The lowest BCUT2D eigenvalue weighted by Crippen LogP contribution is -2.26. The first-order valence-electron chi connectivity index (χ1n) is 8.75. The largest absolute Gasteiger partial charge is 0.317 e. The highest BCUT2D eigenvalue weighted by Gasteiger charge is 2.21. The first-order valence-corrected chi connectivity index (χ1v) is 10.6.